The molecule has 2 fully saturated rings. The van der Waals surface area contributed by atoms with Crippen LogP contribution < -0.4 is 10.2 Å². The molecule has 7 nitrogen and oxygen atoms in total. The first-order chi connectivity index (χ1) is 17.1. The fraction of sp³-hybridized carbons (Fsp3) is 0.286. The van der Waals surface area contributed by atoms with Crippen molar-refractivity contribution >= 4 is 17.6 Å². The molecule has 5 rings (SSSR count). The van der Waals surface area contributed by atoms with Gasteiger partial charge in [-0.2, -0.15) is 0 Å². The number of ether oxygens (including phenoxy) is 1. The van der Waals surface area contributed by atoms with Gasteiger partial charge in [-0.3, -0.25) is 9.69 Å². The molecule has 0 atom stereocenters. The van der Waals surface area contributed by atoms with Crippen LogP contribution in [-0.4, -0.2) is 61.8 Å². The Bertz CT molecular complexity index is 1140. The summed E-state index contributed by atoms with van der Waals surface area (Å²) in [5, 5.41) is 3.02. The molecule has 2 saturated heterocycles. The second-order valence-corrected chi connectivity index (χ2v) is 9.03. The number of carbonyl (C=O) groups is 2. The van der Waals surface area contributed by atoms with E-state index in [1.54, 1.807) is 0 Å². The number of benzene rings is 3. The number of morpholine rings is 1. The Hall–Kier alpha value is -3.68. The van der Waals surface area contributed by atoms with Crippen LogP contribution in [0.1, 0.15) is 16.7 Å². The summed E-state index contributed by atoms with van der Waals surface area (Å²) in [6, 6.07) is 26.8. The minimum atomic E-state index is -1.24. The highest BCUT2D eigenvalue weighted by Crippen LogP contribution is 2.36. The van der Waals surface area contributed by atoms with Crippen molar-refractivity contribution < 1.29 is 14.3 Å². The number of urea groups is 1. The highest BCUT2D eigenvalue weighted by molar-refractivity contribution is 6.09. The Balaban J connectivity index is 1.39. The van der Waals surface area contributed by atoms with E-state index in [1.165, 1.54) is 10.6 Å². The van der Waals surface area contributed by atoms with Crippen LogP contribution in [0.15, 0.2) is 84.9 Å². The lowest BCUT2D eigenvalue weighted by molar-refractivity contribution is -0.131. The van der Waals surface area contributed by atoms with E-state index >= 15 is 0 Å². The van der Waals surface area contributed by atoms with Crippen molar-refractivity contribution in [3.05, 3.63) is 102 Å². The van der Waals surface area contributed by atoms with Gasteiger partial charge in [0, 0.05) is 25.3 Å². The number of nitrogens with one attached hydrogen (secondary N) is 1. The molecule has 0 radical (unpaired) electrons. The SMILES string of the molecule is CN(Cc1ccccc1N1CCOCC1)CN1C(=O)NC(c2ccccc2)(c2ccccc2)C1=O. The smallest absolute Gasteiger partial charge is 0.326 e. The van der Waals surface area contributed by atoms with Crippen molar-refractivity contribution in [2.24, 2.45) is 0 Å². The van der Waals surface area contributed by atoms with Crippen LogP contribution in [0.3, 0.4) is 0 Å². The van der Waals surface area contributed by atoms with Crippen molar-refractivity contribution in [1.29, 1.82) is 0 Å². The van der Waals surface area contributed by atoms with Crippen molar-refractivity contribution in [1.82, 2.24) is 15.1 Å². The third-order valence-electron chi connectivity index (χ3n) is 6.69. The van der Waals surface area contributed by atoms with Crippen molar-refractivity contribution in [3.8, 4) is 0 Å². The number of amides is 3. The van der Waals surface area contributed by atoms with Crippen LogP contribution in [0.5, 0.6) is 0 Å². The molecular weight excluding hydrogens is 440 g/mol. The standard InChI is InChI=1S/C28H30N4O3/c1-30(20-22-10-8-9-15-25(22)31-16-18-35-19-17-31)21-32-26(33)28(29-27(32)34,23-11-4-2-5-12-23)24-13-6-3-7-14-24/h2-15H,16-21H2,1H3,(H,29,34). The molecule has 180 valence electrons. The molecule has 0 unspecified atom stereocenters. The van der Waals surface area contributed by atoms with Crippen LogP contribution in [0, 0.1) is 0 Å². The number of anilines is 1. The van der Waals surface area contributed by atoms with Crippen molar-refractivity contribution in [3.63, 3.8) is 0 Å². The molecule has 3 aromatic rings. The van der Waals surface area contributed by atoms with E-state index in [4.69, 9.17) is 4.74 Å². The minimum absolute atomic E-state index is 0.184. The second-order valence-electron chi connectivity index (χ2n) is 9.03. The predicted molar refractivity (Wildman–Crippen MR) is 135 cm³/mol. The van der Waals surface area contributed by atoms with Gasteiger partial charge < -0.3 is 15.0 Å². The summed E-state index contributed by atoms with van der Waals surface area (Å²) < 4.78 is 5.51. The van der Waals surface area contributed by atoms with E-state index in [1.807, 2.05) is 84.7 Å². The molecule has 0 saturated carbocycles. The van der Waals surface area contributed by atoms with Crippen LogP contribution in [0.2, 0.25) is 0 Å². The van der Waals surface area contributed by atoms with Crippen LogP contribution in [0.4, 0.5) is 10.5 Å². The molecule has 0 aliphatic carbocycles. The van der Waals surface area contributed by atoms with Gasteiger partial charge in [0.2, 0.25) is 0 Å². The first-order valence-electron chi connectivity index (χ1n) is 11.9. The maximum atomic E-state index is 13.9. The number of nitrogens with zero attached hydrogens (tertiary/aromatic N) is 3. The molecule has 2 aliphatic heterocycles. The van der Waals surface area contributed by atoms with E-state index in [0.717, 1.165) is 29.8 Å². The largest absolute Gasteiger partial charge is 0.378 e. The van der Waals surface area contributed by atoms with E-state index in [0.29, 0.717) is 19.8 Å². The third-order valence-corrected chi connectivity index (χ3v) is 6.69. The summed E-state index contributed by atoms with van der Waals surface area (Å²) in [5.74, 6) is -0.270. The lowest BCUT2D eigenvalue weighted by Crippen LogP contribution is -2.46. The normalized spacial score (nSPS) is 17.7. The Morgan fingerprint density at radius 2 is 1.43 bits per heavy atom. The molecule has 2 heterocycles. The maximum absolute atomic E-state index is 13.9. The highest BCUT2D eigenvalue weighted by atomic mass is 16.5. The summed E-state index contributed by atoms with van der Waals surface area (Å²) in [4.78, 5) is 32.8. The quantitative estimate of drug-likeness (QED) is 0.536. The summed E-state index contributed by atoms with van der Waals surface area (Å²) in [6.45, 7) is 3.92. The Morgan fingerprint density at radius 1 is 0.857 bits per heavy atom. The van der Waals surface area contributed by atoms with Crippen molar-refractivity contribution in [2.45, 2.75) is 12.1 Å². The van der Waals surface area contributed by atoms with Gasteiger partial charge in [0.05, 0.1) is 19.9 Å². The Morgan fingerprint density at radius 3 is 2.06 bits per heavy atom. The number of carbonyl (C=O) groups excluding carboxylic acids is 2. The molecule has 1 N–H and O–H groups in total. The van der Waals surface area contributed by atoms with Crippen LogP contribution in [-0.2, 0) is 21.6 Å². The van der Waals surface area contributed by atoms with Gasteiger partial charge in [0.25, 0.3) is 5.91 Å². The lowest BCUT2D eigenvalue weighted by Gasteiger charge is -2.32. The molecule has 0 aromatic heterocycles. The molecule has 3 aromatic carbocycles. The Labute approximate surface area is 205 Å². The van der Waals surface area contributed by atoms with Gasteiger partial charge in [0.1, 0.15) is 0 Å². The van der Waals surface area contributed by atoms with Gasteiger partial charge in [-0.15, -0.1) is 0 Å². The molecule has 0 spiro atoms. The monoisotopic (exact) mass is 470 g/mol. The van der Waals surface area contributed by atoms with E-state index < -0.39 is 11.6 Å². The van der Waals surface area contributed by atoms with Gasteiger partial charge in [-0.25, -0.2) is 9.69 Å². The molecule has 7 heteroatoms. The zero-order valence-corrected chi connectivity index (χ0v) is 19.9. The molecule has 35 heavy (non-hydrogen) atoms. The van der Waals surface area contributed by atoms with E-state index in [2.05, 4.69) is 22.3 Å². The average Bonchev–Trinajstić information content (AvgIpc) is 3.16. The number of hydrogen-bond donors (Lipinski definition) is 1. The van der Waals surface area contributed by atoms with E-state index in [-0.39, 0.29) is 12.6 Å². The zero-order chi connectivity index (χ0) is 24.3. The molecule has 0 bridgehead atoms. The third kappa shape index (κ3) is 4.40. The van der Waals surface area contributed by atoms with Crippen molar-refractivity contribution in [2.75, 3.05) is 44.9 Å². The minimum Gasteiger partial charge on any atom is -0.378 e. The van der Waals surface area contributed by atoms with Gasteiger partial charge >= 0.3 is 6.03 Å². The summed E-state index contributed by atoms with van der Waals surface area (Å²) in [5.41, 5.74) is 2.57. The average molecular weight is 471 g/mol. The first kappa shape index (κ1) is 23.1. The highest BCUT2D eigenvalue weighted by Gasteiger charge is 2.53. The second kappa shape index (κ2) is 9.90. The molecule has 3 amide bonds. The van der Waals surface area contributed by atoms with E-state index in [9.17, 15) is 9.59 Å². The molecular formula is C28H30N4O3. The number of rotatable bonds is 7. The number of hydrogen-bond acceptors (Lipinski definition) is 5. The summed E-state index contributed by atoms with van der Waals surface area (Å²) in [7, 11) is 1.93. The summed E-state index contributed by atoms with van der Waals surface area (Å²) in [6.07, 6.45) is 0. The maximum Gasteiger partial charge on any atom is 0.326 e. The summed E-state index contributed by atoms with van der Waals surface area (Å²) >= 11 is 0. The van der Waals surface area contributed by atoms with Gasteiger partial charge in [0.15, 0.2) is 5.54 Å². The van der Waals surface area contributed by atoms with Crippen LogP contribution >= 0.6 is 0 Å². The lowest BCUT2D eigenvalue weighted by atomic mass is 9.83. The zero-order valence-electron chi connectivity index (χ0n) is 19.9. The fourth-order valence-corrected chi connectivity index (χ4v) is 4.98. The van der Waals surface area contributed by atoms with Gasteiger partial charge in [-0.05, 0) is 29.8 Å². The predicted octanol–water partition coefficient (Wildman–Crippen LogP) is 3.41. The Kier molecular flexibility index (Phi) is 6.53. The topological polar surface area (TPSA) is 65.1 Å². The van der Waals surface area contributed by atoms with Crippen LogP contribution in [0.25, 0.3) is 0 Å². The molecule has 2 aliphatic rings. The van der Waals surface area contributed by atoms with Gasteiger partial charge in [-0.1, -0.05) is 78.9 Å². The first-order valence-corrected chi connectivity index (χ1v) is 11.9. The fourth-order valence-electron chi connectivity index (χ4n) is 4.98. The number of para-hydroxylation sites is 1. The number of imide groups is 1.